The van der Waals surface area contributed by atoms with Crippen molar-refractivity contribution in [2.24, 2.45) is 5.92 Å². The predicted molar refractivity (Wildman–Crippen MR) is 107 cm³/mol. The summed E-state index contributed by atoms with van der Waals surface area (Å²) in [6, 6.07) is 0. The first-order chi connectivity index (χ1) is 12.8. The van der Waals surface area contributed by atoms with E-state index in [0.29, 0.717) is 5.91 Å². The molecule has 1 aromatic heterocycles. The number of carbonyl (C=O) groups is 1. The number of amides is 1. The average molecular weight is 376 g/mol. The highest BCUT2D eigenvalue weighted by Gasteiger charge is 2.29. The Morgan fingerprint density at radius 1 is 0.885 bits per heavy atom. The molecule has 0 atom stereocenters. The second-order valence-corrected chi connectivity index (χ2v) is 8.71. The Morgan fingerprint density at radius 3 is 2.19 bits per heavy atom. The molecule has 3 saturated heterocycles. The lowest BCUT2D eigenvalue weighted by Crippen LogP contribution is -2.45. The van der Waals surface area contributed by atoms with E-state index < -0.39 is 0 Å². The fourth-order valence-corrected chi connectivity index (χ4v) is 5.06. The number of hydrogen-bond donors (Lipinski definition) is 0. The van der Waals surface area contributed by atoms with E-state index in [9.17, 15) is 4.79 Å². The van der Waals surface area contributed by atoms with Gasteiger partial charge < -0.3 is 14.7 Å². The van der Waals surface area contributed by atoms with Gasteiger partial charge in [0.25, 0.3) is 0 Å². The fourth-order valence-electron chi connectivity index (χ4n) is 4.16. The lowest BCUT2D eigenvalue weighted by molar-refractivity contribution is -0.135. The minimum absolute atomic E-state index is 0.197. The van der Waals surface area contributed by atoms with E-state index in [1.807, 2.05) is 24.2 Å². The van der Waals surface area contributed by atoms with Crippen LogP contribution in [0.1, 0.15) is 32.1 Å². The van der Waals surface area contributed by atoms with E-state index in [4.69, 9.17) is 0 Å². The lowest BCUT2D eigenvalue weighted by Gasteiger charge is -2.36. The first-order valence-electron chi connectivity index (χ1n) is 10.00. The minimum Gasteiger partial charge on any atom is -0.369 e. The summed E-state index contributed by atoms with van der Waals surface area (Å²) in [6.45, 7) is 5.84. The molecule has 0 N–H and O–H groups in total. The summed E-state index contributed by atoms with van der Waals surface area (Å²) in [7, 11) is 0. The van der Waals surface area contributed by atoms with E-state index in [0.717, 1.165) is 75.3 Å². The number of thioether (sulfide) groups is 1. The third-order valence-corrected chi connectivity index (χ3v) is 6.74. The second-order valence-electron chi connectivity index (χ2n) is 7.49. The molecule has 0 aromatic carbocycles. The summed E-state index contributed by atoms with van der Waals surface area (Å²) in [5, 5.41) is 0. The van der Waals surface area contributed by atoms with E-state index in [1.165, 1.54) is 19.3 Å². The van der Waals surface area contributed by atoms with Crippen LogP contribution in [0.25, 0.3) is 0 Å². The number of nitrogens with zero attached hydrogens (tertiary/aromatic N) is 5. The van der Waals surface area contributed by atoms with Crippen molar-refractivity contribution < 1.29 is 4.79 Å². The molecule has 7 heteroatoms. The largest absolute Gasteiger partial charge is 0.369 e. The molecular weight excluding hydrogens is 346 g/mol. The van der Waals surface area contributed by atoms with Gasteiger partial charge in [-0.3, -0.25) is 4.79 Å². The first-order valence-corrected chi connectivity index (χ1v) is 11.2. The molecule has 1 aromatic rings. The molecule has 6 nitrogen and oxygen atoms in total. The topological polar surface area (TPSA) is 52.6 Å². The minimum atomic E-state index is 0.197. The average Bonchev–Trinajstić information content (AvgIpc) is 2.75. The van der Waals surface area contributed by atoms with Crippen LogP contribution in [0.3, 0.4) is 0 Å². The van der Waals surface area contributed by atoms with Crippen LogP contribution >= 0.6 is 11.8 Å². The number of anilines is 2. The number of carbonyl (C=O) groups excluding carboxylic acids is 1. The highest BCUT2D eigenvalue weighted by Crippen LogP contribution is 2.26. The maximum absolute atomic E-state index is 12.7. The zero-order valence-electron chi connectivity index (χ0n) is 15.5. The molecule has 0 aliphatic carbocycles. The highest BCUT2D eigenvalue weighted by molar-refractivity contribution is 7.99. The Morgan fingerprint density at radius 2 is 1.54 bits per heavy atom. The van der Waals surface area contributed by atoms with Crippen molar-refractivity contribution in [1.29, 1.82) is 0 Å². The SMILES string of the molecule is O=C(C1CCN(c2cnc(N3CCCCC3)nc2)CC1)N1CCSCC1. The van der Waals surface area contributed by atoms with Crippen LogP contribution in [0, 0.1) is 5.92 Å². The van der Waals surface area contributed by atoms with Crippen molar-refractivity contribution in [3.8, 4) is 0 Å². The molecule has 0 unspecified atom stereocenters. The molecule has 3 aliphatic heterocycles. The van der Waals surface area contributed by atoms with Gasteiger partial charge in [-0.25, -0.2) is 9.97 Å². The molecule has 3 fully saturated rings. The standard InChI is InChI=1S/C19H29N5OS/c25-18(23-10-12-26-13-11-23)16-4-8-22(9-5-16)17-14-20-19(21-15-17)24-6-2-1-3-7-24/h14-16H,1-13H2. The maximum atomic E-state index is 12.7. The zero-order chi connectivity index (χ0) is 17.8. The van der Waals surface area contributed by atoms with Crippen molar-refractivity contribution in [2.45, 2.75) is 32.1 Å². The van der Waals surface area contributed by atoms with Crippen molar-refractivity contribution in [3.05, 3.63) is 12.4 Å². The molecule has 3 aliphatic rings. The van der Waals surface area contributed by atoms with Gasteiger partial charge in [0.15, 0.2) is 0 Å². The van der Waals surface area contributed by atoms with Gasteiger partial charge in [0.1, 0.15) is 0 Å². The van der Waals surface area contributed by atoms with Crippen LogP contribution in [0.15, 0.2) is 12.4 Å². The molecule has 142 valence electrons. The summed E-state index contributed by atoms with van der Waals surface area (Å²) < 4.78 is 0. The molecule has 4 rings (SSSR count). The molecule has 0 radical (unpaired) electrons. The van der Waals surface area contributed by atoms with Crippen molar-refractivity contribution >= 4 is 29.3 Å². The van der Waals surface area contributed by atoms with Crippen LogP contribution in [-0.2, 0) is 4.79 Å². The van der Waals surface area contributed by atoms with Gasteiger partial charge >= 0.3 is 0 Å². The molecule has 4 heterocycles. The number of hydrogen-bond acceptors (Lipinski definition) is 6. The van der Waals surface area contributed by atoms with Gasteiger partial charge in [0.05, 0.1) is 18.1 Å². The summed E-state index contributed by atoms with van der Waals surface area (Å²) in [5.74, 6) is 3.61. The molecular formula is C19H29N5OS. The van der Waals surface area contributed by atoms with Gasteiger partial charge in [0, 0.05) is 56.7 Å². The highest BCUT2D eigenvalue weighted by atomic mass is 32.2. The number of piperidine rings is 2. The molecule has 26 heavy (non-hydrogen) atoms. The first kappa shape index (κ1) is 17.9. The Hall–Kier alpha value is -1.50. The Balaban J connectivity index is 1.30. The van der Waals surface area contributed by atoms with E-state index in [-0.39, 0.29) is 5.92 Å². The van der Waals surface area contributed by atoms with Gasteiger partial charge in [-0.15, -0.1) is 0 Å². The Labute approximate surface area is 160 Å². The van der Waals surface area contributed by atoms with E-state index >= 15 is 0 Å². The zero-order valence-corrected chi connectivity index (χ0v) is 16.3. The third kappa shape index (κ3) is 4.08. The van der Waals surface area contributed by atoms with Gasteiger partial charge in [-0.05, 0) is 32.1 Å². The van der Waals surface area contributed by atoms with E-state index in [2.05, 4.69) is 24.7 Å². The Kier molecular flexibility index (Phi) is 5.82. The lowest BCUT2D eigenvalue weighted by atomic mass is 9.95. The smallest absolute Gasteiger partial charge is 0.225 e. The summed E-state index contributed by atoms with van der Waals surface area (Å²) in [4.78, 5) is 28.6. The monoisotopic (exact) mass is 375 g/mol. The van der Waals surface area contributed by atoms with Gasteiger partial charge in [-0.2, -0.15) is 11.8 Å². The molecule has 0 saturated carbocycles. The normalized spacial score (nSPS) is 22.5. The van der Waals surface area contributed by atoms with Gasteiger partial charge in [-0.1, -0.05) is 0 Å². The van der Waals surface area contributed by atoms with E-state index in [1.54, 1.807) is 0 Å². The Bertz CT molecular complexity index is 590. The molecule has 0 bridgehead atoms. The number of aromatic nitrogens is 2. The second kappa shape index (κ2) is 8.46. The van der Waals surface area contributed by atoms with Crippen LogP contribution in [0.4, 0.5) is 11.6 Å². The van der Waals surface area contributed by atoms with Crippen LogP contribution in [0.2, 0.25) is 0 Å². The quantitative estimate of drug-likeness (QED) is 0.808. The number of rotatable bonds is 3. The molecule has 0 spiro atoms. The van der Waals surface area contributed by atoms with Crippen molar-refractivity contribution in [2.75, 3.05) is 60.6 Å². The third-order valence-electron chi connectivity index (χ3n) is 5.80. The summed E-state index contributed by atoms with van der Waals surface area (Å²) in [5.41, 5.74) is 1.09. The summed E-state index contributed by atoms with van der Waals surface area (Å²) >= 11 is 1.95. The molecule has 1 amide bonds. The maximum Gasteiger partial charge on any atom is 0.225 e. The van der Waals surface area contributed by atoms with Crippen LogP contribution in [-0.4, -0.2) is 71.5 Å². The van der Waals surface area contributed by atoms with Crippen molar-refractivity contribution in [3.63, 3.8) is 0 Å². The van der Waals surface area contributed by atoms with Crippen LogP contribution in [0.5, 0.6) is 0 Å². The summed E-state index contributed by atoms with van der Waals surface area (Å²) in [6.07, 6.45) is 9.60. The van der Waals surface area contributed by atoms with Gasteiger partial charge in [0.2, 0.25) is 11.9 Å². The predicted octanol–water partition coefficient (Wildman–Crippen LogP) is 2.26. The fraction of sp³-hybridized carbons (Fsp3) is 0.737. The van der Waals surface area contributed by atoms with Crippen LogP contribution < -0.4 is 9.80 Å². The van der Waals surface area contributed by atoms with Crippen molar-refractivity contribution in [1.82, 2.24) is 14.9 Å².